The highest BCUT2D eigenvalue weighted by Gasteiger charge is 2.47. The van der Waals surface area contributed by atoms with Crippen molar-refractivity contribution >= 4 is 23.1 Å². The van der Waals surface area contributed by atoms with Gasteiger partial charge in [0.05, 0.1) is 36.0 Å². The van der Waals surface area contributed by atoms with Gasteiger partial charge in [0.2, 0.25) is 0 Å². The zero-order valence-electron chi connectivity index (χ0n) is 21.2. The summed E-state index contributed by atoms with van der Waals surface area (Å²) in [5.74, 6) is -0.592. The molecule has 1 aliphatic rings. The van der Waals surface area contributed by atoms with Gasteiger partial charge in [0.25, 0.3) is 11.7 Å². The Balaban J connectivity index is 1.91. The average Bonchev–Trinajstić information content (AvgIpc) is 3.15. The minimum atomic E-state index is -0.907. The summed E-state index contributed by atoms with van der Waals surface area (Å²) in [5.41, 5.74) is 2.62. The second-order valence-electron chi connectivity index (χ2n) is 8.98. The normalized spacial score (nSPS) is 16.6. The molecule has 0 radical (unpaired) electrons. The van der Waals surface area contributed by atoms with Gasteiger partial charge in [-0.15, -0.1) is 0 Å². The molecular formula is C30H28N2O5. The number of aliphatic hydroxyl groups is 1. The quantitative estimate of drug-likeness (QED) is 0.257. The van der Waals surface area contributed by atoms with Crippen LogP contribution in [0.4, 0.5) is 5.69 Å². The number of ketones is 1. The van der Waals surface area contributed by atoms with E-state index < -0.39 is 17.7 Å². The summed E-state index contributed by atoms with van der Waals surface area (Å²) in [7, 11) is 0. The fraction of sp³-hybridized carbons (Fsp3) is 0.233. The molecular weight excluding hydrogens is 468 g/mol. The number of hydrogen-bond donors (Lipinski definition) is 1. The van der Waals surface area contributed by atoms with Crippen LogP contribution in [-0.2, 0) is 9.59 Å². The second kappa shape index (κ2) is 10.6. The summed E-state index contributed by atoms with van der Waals surface area (Å²) >= 11 is 0. The third-order valence-electron chi connectivity index (χ3n) is 6.01. The highest BCUT2D eigenvalue weighted by atomic mass is 16.5. The zero-order valence-corrected chi connectivity index (χ0v) is 21.2. The summed E-state index contributed by atoms with van der Waals surface area (Å²) in [6.07, 6.45) is -0.0769. The van der Waals surface area contributed by atoms with Crippen molar-refractivity contribution in [3.05, 3.63) is 94.6 Å². The molecule has 188 valence electrons. The Morgan fingerprint density at radius 3 is 2.43 bits per heavy atom. The van der Waals surface area contributed by atoms with Gasteiger partial charge in [0.1, 0.15) is 17.3 Å². The molecule has 1 aliphatic heterocycles. The van der Waals surface area contributed by atoms with E-state index in [1.807, 2.05) is 27.7 Å². The van der Waals surface area contributed by atoms with Crippen LogP contribution in [-0.4, -0.2) is 29.5 Å². The molecule has 7 nitrogen and oxygen atoms in total. The number of nitriles is 1. The number of ether oxygens (including phenoxy) is 2. The van der Waals surface area contributed by atoms with E-state index in [1.165, 1.54) is 4.90 Å². The van der Waals surface area contributed by atoms with Crippen LogP contribution in [0.3, 0.4) is 0 Å². The topological polar surface area (TPSA) is 99.9 Å². The van der Waals surface area contributed by atoms with E-state index in [0.29, 0.717) is 40.5 Å². The summed E-state index contributed by atoms with van der Waals surface area (Å²) < 4.78 is 11.5. The molecule has 0 saturated carbocycles. The number of aryl methyl sites for hydroxylation is 1. The molecule has 3 aromatic carbocycles. The number of amides is 1. The molecule has 0 aliphatic carbocycles. The van der Waals surface area contributed by atoms with Gasteiger partial charge in [0, 0.05) is 11.3 Å². The summed E-state index contributed by atoms with van der Waals surface area (Å²) in [6.45, 7) is 8.04. The molecule has 1 N–H and O–H groups in total. The molecule has 1 amide bonds. The van der Waals surface area contributed by atoms with Gasteiger partial charge in [-0.3, -0.25) is 14.5 Å². The molecule has 4 rings (SSSR count). The number of carbonyl (C=O) groups is 2. The van der Waals surface area contributed by atoms with Gasteiger partial charge in [-0.05, 0) is 93.4 Å². The van der Waals surface area contributed by atoms with Crippen molar-refractivity contribution in [2.24, 2.45) is 0 Å². The van der Waals surface area contributed by atoms with Gasteiger partial charge in [0.15, 0.2) is 0 Å². The number of rotatable bonds is 7. The van der Waals surface area contributed by atoms with E-state index in [1.54, 1.807) is 66.7 Å². The van der Waals surface area contributed by atoms with Crippen LogP contribution in [0.15, 0.2) is 72.3 Å². The molecule has 0 spiro atoms. The van der Waals surface area contributed by atoms with Crippen molar-refractivity contribution in [1.82, 2.24) is 0 Å². The maximum Gasteiger partial charge on any atom is 0.300 e. The Labute approximate surface area is 216 Å². The van der Waals surface area contributed by atoms with Crippen molar-refractivity contribution in [2.45, 2.75) is 39.8 Å². The summed E-state index contributed by atoms with van der Waals surface area (Å²) in [4.78, 5) is 28.1. The Hall–Kier alpha value is -4.57. The highest BCUT2D eigenvalue weighted by Crippen LogP contribution is 2.43. The van der Waals surface area contributed by atoms with E-state index in [2.05, 4.69) is 6.07 Å². The lowest BCUT2D eigenvalue weighted by Gasteiger charge is -2.26. The zero-order chi connectivity index (χ0) is 26.7. The first-order valence-electron chi connectivity index (χ1n) is 12.1. The molecule has 0 aromatic heterocycles. The predicted octanol–water partition coefficient (Wildman–Crippen LogP) is 5.68. The van der Waals surface area contributed by atoms with E-state index >= 15 is 0 Å². The van der Waals surface area contributed by atoms with Crippen LogP contribution < -0.4 is 14.4 Å². The lowest BCUT2D eigenvalue weighted by Crippen LogP contribution is -2.29. The van der Waals surface area contributed by atoms with Crippen LogP contribution in [0, 0.1) is 18.3 Å². The smallest absolute Gasteiger partial charge is 0.300 e. The van der Waals surface area contributed by atoms with Crippen LogP contribution in [0.1, 0.15) is 49.1 Å². The number of benzene rings is 3. The lowest BCUT2D eigenvalue weighted by molar-refractivity contribution is -0.132. The van der Waals surface area contributed by atoms with E-state index in [-0.39, 0.29) is 17.4 Å². The van der Waals surface area contributed by atoms with Crippen LogP contribution >= 0.6 is 0 Å². The molecule has 1 saturated heterocycles. The monoisotopic (exact) mass is 496 g/mol. The Kier molecular flexibility index (Phi) is 7.30. The molecule has 1 fully saturated rings. The van der Waals surface area contributed by atoms with Crippen molar-refractivity contribution < 1.29 is 24.2 Å². The molecule has 0 bridgehead atoms. The van der Waals surface area contributed by atoms with Gasteiger partial charge in [-0.25, -0.2) is 0 Å². The maximum absolute atomic E-state index is 13.4. The molecule has 1 heterocycles. The number of carbonyl (C=O) groups excluding carboxylic acids is 2. The molecule has 37 heavy (non-hydrogen) atoms. The largest absolute Gasteiger partial charge is 0.507 e. The number of hydrogen-bond acceptors (Lipinski definition) is 6. The minimum absolute atomic E-state index is 0.0281. The first-order valence-corrected chi connectivity index (χ1v) is 12.1. The number of anilines is 1. The van der Waals surface area contributed by atoms with E-state index in [4.69, 9.17) is 9.47 Å². The Morgan fingerprint density at radius 2 is 1.81 bits per heavy atom. The summed E-state index contributed by atoms with van der Waals surface area (Å²) in [5, 5.41) is 20.6. The van der Waals surface area contributed by atoms with Crippen molar-refractivity contribution in [3.63, 3.8) is 0 Å². The minimum Gasteiger partial charge on any atom is -0.507 e. The second-order valence-corrected chi connectivity index (χ2v) is 8.98. The molecule has 3 aromatic rings. The number of Topliss-reactive ketones (excluding diaryl/α,β-unsaturated/α-hetero) is 1. The molecule has 1 unspecified atom stereocenters. The van der Waals surface area contributed by atoms with E-state index in [0.717, 1.165) is 5.56 Å². The highest BCUT2D eigenvalue weighted by molar-refractivity contribution is 6.51. The molecule has 7 heteroatoms. The Morgan fingerprint density at radius 1 is 1.08 bits per heavy atom. The van der Waals surface area contributed by atoms with Crippen LogP contribution in [0.5, 0.6) is 11.5 Å². The van der Waals surface area contributed by atoms with Gasteiger partial charge in [-0.2, -0.15) is 5.26 Å². The van der Waals surface area contributed by atoms with Crippen molar-refractivity contribution in [3.8, 4) is 17.6 Å². The SMILES string of the molecule is CCOc1ccc(/C(O)=C2\C(=O)C(=O)N(c3ccc(C#N)cc3)C2c2cccc(OC(C)C)c2)cc1C. The van der Waals surface area contributed by atoms with Crippen LogP contribution in [0.25, 0.3) is 5.76 Å². The lowest BCUT2D eigenvalue weighted by atomic mass is 9.94. The van der Waals surface area contributed by atoms with Crippen molar-refractivity contribution in [2.75, 3.05) is 11.5 Å². The summed E-state index contributed by atoms with van der Waals surface area (Å²) in [6, 6.07) is 19.8. The van der Waals surface area contributed by atoms with E-state index in [9.17, 15) is 20.0 Å². The third-order valence-corrected chi connectivity index (χ3v) is 6.01. The van der Waals surface area contributed by atoms with Crippen molar-refractivity contribution in [1.29, 1.82) is 5.26 Å². The van der Waals surface area contributed by atoms with Crippen LogP contribution in [0.2, 0.25) is 0 Å². The average molecular weight is 497 g/mol. The van der Waals surface area contributed by atoms with Gasteiger partial charge < -0.3 is 14.6 Å². The third kappa shape index (κ3) is 5.05. The van der Waals surface area contributed by atoms with Gasteiger partial charge >= 0.3 is 0 Å². The number of aliphatic hydroxyl groups excluding tert-OH is 1. The fourth-order valence-electron chi connectivity index (χ4n) is 4.41. The van der Waals surface area contributed by atoms with Gasteiger partial charge in [-0.1, -0.05) is 12.1 Å². The first kappa shape index (κ1) is 25.5. The Bertz CT molecular complexity index is 1420. The number of nitrogens with zero attached hydrogens (tertiary/aromatic N) is 2. The standard InChI is InChI=1S/C30H28N2O5/c1-5-36-25-14-11-22(15-19(25)4)28(33)26-27(21-7-6-8-24(16-21)37-18(2)3)32(30(35)29(26)34)23-12-9-20(17-31)10-13-23/h6-16,18,27,33H,5H2,1-4H3/b28-26+. The maximum atomic E-state index is 13.4. The first-order chi connectivity index (χ1) is 17.7. The predicted molar refractivity (Wildman–Crippen MR) is 140 cm³/mol. The molecule has 1 atom stereocenters. The fourth-order valence-corrected chi connectivity index (χ4v) is 4.41.